The van der Waals surface area contributed by atoms with Crippen molar-refractivity contribution >= 4 is 88.9 Å². The van der Waals surface area contributed by atoms with Crippen LogP contribution in [0, 0.1) is 0 Å². The van der Waals surface area contributed by atoms with Crippen LogP contribution in [0.15, 0.2) is 64.9 Å². The SMILES string of the molecule is Cl.Cl.Cl.Nc1nc(C(=NOCc2c[nH]cn2)C(=O)N[C@@H]2C(=O)N3C(C(=O)[O-])=C(C[n+]4ccccc4)CS[C@@H]23)cs1. The summed E-state index contributed by atoms with van der Waals surface area (Å²) >= 11 is 2.47. The predicted octanol–water partition coefficient (Wildman–Crippen LogP) is 0.0263. The third kappa shape index (κ3) is 6.85. The van der Waals surface area contributed by atoms with Crippen LogP contribution in [-0.2, 0) is 32.4 Å². The molecule has 2 amide bonds. The van der Waals surface area contributed by atoms with E-state index in [4.69, 9.17) is 10.6 Å². The van der Waals surface area contributed by atoms with E-state index in [1.165, 1.54) is 23.0 Å². The smallest absolute Gasteiger partial charge is 0.276 e. The number of pyridine rings is 1. The van der Waals surface area contributed by atoms with Gasteiger partial charge in [-0.25, -0.2) is 14.5 Å². The fraction of sp³-hybridized carbons (Fsp3) is 0.227. The molecule has 5 rings (SSSR count). The number of nitrogen functional groups attached to an aromatic ring is 1. The molecule has 0 spiro atoms. The van der Waals surface area contributed by atoms with Crippen molar-refractivity contribution in [3.63, 3.8) is 0 Å². The lowest BCUT2D eigenvalue weighted by Gasteiger charge is -2.50. The van der Waals surface area contributed by atoms with Gasteiger partial charge in [0.05, 0.1) is 23.7 Å². The number of aromatic amines is 1. The fourth-order valence-corrected chi connectivity index (χ4v) is 5.78. The van der Waals surface area contributed by atoms with Gasteiger partial charge in [-0.05, 0) is 0 Å². The highest BCUT2D eigenvalue weighted by molar-refractivity contribution is 8.00. The van der Waals surface area contributed by atoms with Crippen LogP contribution >= 0.6 is 60.3 Å². The molecule has 13 nitrogen and oxygen atoms in total. The molecule has 1 saturated heterocycles. The number of fused-ring (bicyclic) bond motifs is 1. The van der Waals surface area contributed by atoms with Crippen LogP contribution in [0.5, 0.6) is 0 Å². The highest BCUT2D eigenvalue weighted by Gasteiger charge is 2.53. The molecule has 5 heterocycles. The molecular formula is C22H23Cl3N8O5S2. The van der Waals surface area contributed by atoms with E-state index in [9.17, 15) is 19.5 Å². The van der Waals surface area contributed by atoms with Gasteiger partial charge in [0.15, 0.2) is 36.4 Å². The van der Waals surface area contributed by atoms with E-state index in [0.717, 1.165) is 11.3 Å². The lowest BCUT2D eigenvalue weighted by Crippen LogP contribution is -2.71. The second kappa shape index (κ2) is 14.3. The second-order valence-electron chi connectivity index (χ2n) is 7.99. The number of carbonyl (C=O) groups excluding carboxylic acids is 3. The largest absolute Gasteiger partial charge is 0.543 e. The molecule has 1 fully saturated rings. The van der Waals surface area contributed by atoms with Crippen LogP contribution in [0.1, 0.15) is 11.4 Å². The quantitative estimate of drug-likeness (QED) is 0.125. The lowest BCUT2D eigenvalue weighted by atomic mass is 10.0. The zero-order valence-corrected chi connectivity index (χ0v) is 24.4. The first kappa shape index (κ1) is 32.8. The highest BCUT2D eigenvalue weighted by Crippen LogP contribution is 2.40. The summed E-state index contributed by atoms with van der Waals surface area (Å²) in [6, 6.07) is 4.53. The van der Waals surface area contributed by atoms with Crippen molar-refractivity contribution in [2.24, 2.45) is 5.16 Å². The molecule has 2 atom stereocenters. The maximum Gasteiger partial charge on any atom is 0.276 e. The second-order valence-corrected chi connectivity index (χ2v) is 9.99. The van der Waals surface area contributed by atoms with E-state index in [2.05, 4.69) is 25.4 Å². The molecule has 0 aliphatic carbocycles. The van der Waals surface area contributed by atoms with Crippen molar-refractivity contribution in [1.29, 1.82) is 0 Å². The van der Waals surface area contributed by atoms with Gasteiger partial charge < -0.3 is 30.8 Å². The van der Waals surface area contributed by atoms with E-state index < -0.39 is 29.2 Å². The highest BCUT2D eigenvalue weighted by atomic mass is 35.5. The Morgan fingerprint density at radius 3 is 2.65 bits per heavy atom. The molecule has 0 radical (unpaired) electrons. The number of carboxylic acid groups (broad SMARTS) is 1. The summed E-state index contributed by atoms with van der Waals surface area (Å²) in [4.78, 5) is 55.5. The molecule has 0 unspecified atom stereocenters. The normalized spacial score (nSPS) is 17.9. The minimum atomic E-state index is -1.44. The molecule has 2 aliphatic rings. The van der Waals surface area contributed by atoms with Crippen LogP contribution < -0.4 is 20.7 Å². The molecule has 0 saturated carbocycles. The summed E-state index contributed by atoms with van der Waals surface area (Å²) in [6.45, 7) is 0.288. The first-order valence-electron chi connectivity index (χ1n) is 10.9. The zero-order chi connectivity index (χ0) is 25.9. The van der Waals surface area contributed by atoms with E-state index in [-0.39, 0.29) is 66.1 Å². The zero-order valence-electron chi connectivity index (χ0n) is 20.3. The van der Waals surface area contributed by atoms with E-state index in [1.807, 2.05) is 22.8 Å². The van der Waals surface area contributed by atoms with Crippen molar-refractivity contribution in [2.75, 3.05) is 11.5 Å². The number of oxime groups is 1. The van der Waals surface area contributed by atoms with Crippen LogP contribution in [-0.4, -0.2) is 60.5 Å². The number of H-pyrrole nitrogens is 1. The maximum atomic E-state index is 13.1. The third-order valence-electron chi connectivity index (χ3n) is 5.58. The van der Waals surface area contributed by atoms with Gasteiger partial charge in [0.25, 0.3) is 11.8 Å². The Labute approximate surface area is 254 Å². The molecule has 4 N–H and O–H groups in total. The maximum absolute atomic E-state index is 13.1. The van der Waals surface area contributed by atoms with Gasteiger partial charge in [-0.3, -0.25) is 14.5 Å². The minimum Gasteiger partial charge on any atom is -0.543 e. The van der Waals surface area contributed by atoms with Crippen molar-refractivity contribution < 1.29 is 28.9 Å². The van der Waals surface area contributed by atoms with Gasteiger partial charge in [0.1, 0.15) is 17.1 Å². The first-order valence-corrected chi connectivity index (χ1v) is 12.9. The number of nitrogens with zero attached hydrogens (tertiary/aromatic N) is 5. The van der Waals surface area contributed by atoms with Gasteiger partial charge in [-0.15, -0.1) is 60.3 Å². The summed E-state index contributed by atoms with van der Waals surface area (Å²) in [6.07, 6.45) is 6.70. The molecule has 3 aromatic rings. The Bertz CT molecular complexity index is 1400. The number of thioether (sulfide) groups is 1. The summed E-state index contributed by atoms with van der Waals surface area (Å²) in [7, 11) is 0. The van der Waals surface area contributed by atoms with Crippen LogP contribution in [0.4, 0.5) is 5.13 Å². The number of hydrogen-bond acceptors (Lipinski definition) is 11. The first-order chi connectivity index (χ1) is 17.9. The van der Waals surface area contributed by atoms with Gasteiger partial charge in [0, 0.05) is 35.0 Å². The number of nitrogens with two attached hydrogens (primary N) is 1. The number of carbonyl (C=O) groups is 3. The summed E-state index contributed by atoms with van der Waals surface area (Å²) in [5, 5.41) is 19.7. The number of aliphatic carboxylic acids is 1. The Balaban J connectivity index is 0.00000187. The number of nitrogens with one attached hydrogen (secondary N) is 2. The molecule has 214 valence electrons. The minimum absolute atomic E-state index is 0. The Morgan fingerprint density at radius 1 is 1.27 bits per heavy atom. The molecular weight excluding hydrogens is 627 g/mol. The Hall–Kier alpha value is -3.37. The molecule has 40 heavy (non-hydrogen) atoms. The number of anilines is 1. The van der Waals surface area contributed by atoms with Crippen molar-refractivity contribution in [2.45, 2.75) is 24.6 Å². The molecule has 2 aliphatic heterocycles. The number of halogens is 3. The topological polar surface area (TPSA) is 183 Å². The number of thiazole rings is 1. The summed E-state index contributed by atoms with van der Waals surface area (Å²) < 4.78 is 1.81. The number of β-lactam (4-membered cyclic amide) rings is 1. The average molecular weight is 650 g/mol. The predicted molar refractivity (Wildman–Crippen MR) is 152 cm³/mol. The Kier molecular flexibility index (Phi) is 11.8. The van der Waals surface area contributed by atoms with Gasteiger partial charge in [0.2, 0.25) is 0 Å². The number of amides is 2. The molecule has 18 heteroatoms. The molecule has 3 aromatic heterocycles. The van der Waals surface area contributed by atoms with Crippen LogP contribution in [0.25, 0.3) is 0 Å². The van der Waals surface area contributed by atoms with Crippen molar-refractivity contribution in [1.82, 2.24) is 25.2 Å². The number of aromatic nitrogens is 4. The number of imidazole rings is 1. The Morgan fingerprint density at radius 2 is 2.02 bits per heavy atom. The third-order valence-corrected chi connectivity index (χ3v) is 7.59. The summed E-state index contributed by atoms with van der Waals surface area (Å²) in [5.74, 6) is -2.37. The van der Waals surface area contributed by atoms with Crippen molar-refractivity contribution in [3.05, 3.63) is 71.2 Å². The summed E-state index contributed by atoms with van der Waals surface area (Å²) in [5.41, 5.74) is 6.66. The van der Waals surface area contributed by atoms with E-state index >= 15 is 0 Å². The molecule has 0 bridgehead atoms. The standard InChI is InChI=1S/C22H20N8O5S2.3ClH/c23-22-26-14(10-37-22)15(28-35-8-13-6-24-11-25-13)18(31)27-16-19(32)30-17(21(33)34)12(9-36-20(16)30)7-29-4-2-1-3-5-29;;;/h1-6,10-11,16,20H,7-9H2,(H4-,23,24,25,26,27,31,33,34);3*1H/t16-,20+;;;/m1.../s1. The monoisotopic (exact) mass is 648 g/mol. The number of carboxylic acids is 1. The fourth-order valence-electron chi connectivity index (χ4n) is 3.90. The lowest BCUT2D eigenvalue weighted by molar-refractivity contribution is -0.689. The van der Waals surface area contributed by atoms with E-state index in [1.54, 1.807) is 24.0 Å². The number of rotatable bonds is 9. The van der Waals surface area contributed by atoms with Crippen LogP contribution in [0.3, 0.4) is 0 Å². The van der Waals surface area contributed by atoms with Gasteiger partial charge in [-0.2, -0.15) is 0 Å². The van der Waals surface area contributed by atoms with Gasteiger partial charge >= 0.3 is 0 Å². The van der Waals surface area contributed by atoms with Crippen LogP contribution in [0.2, 0.25) is 0 Å². The van der Waals surface area contributed by atoms with Crippen molar-refractivity contribution in [3.8, 4) is 0 Å². The van der Waals surface area contributed by atoms with E-state index in [0.29, 0.717) is 23.6 Å². The number of hydrogen-bond donors (Lipinski definition) is 3. The molecule has 0 aromatic carbocycles. The average Bonchev–Trinajstić information content (AvgIpc) is 3.57. The van der Waals surface area contributed by atoms with Gasteiger partial charge in [-0.1, -0.05) is 11.2 Å².